The zero-order valence-corrected chi connectivity index (χ0v) is 16.5. The molecule has 4 aromatic carbocycles. The van der Waals surface area contributed by atoms with Crippen molar-refractivity contribution in [2.45, 2.75) is 6.54 Å². The van der Waals surface area contributed by atoms with Gasteiger partial charge in [0.25, 0.3) is 0 Å². The largest absolute Gasteiger partial charge is 0.495 e. The second-order valence-corrected chi connectivity index (χ2v) is 7.28. The van der Waals surface area contributed by atoms with Crippen LogP contribution in [0.5, 0.6) is 5.75 Å². The Kier molecular flexibility index (Phi) is 4.42. The van der Waals surface area contributed by atoms with Gasteiger partial charge in [-0.3, -0.25) is 0 Å². The van der Waals surface area contributed by atoms with Gasteiger partial charge in [-0.05, 0) is 63.9 Å². The quantitative estimate of drug-likeness (QED) is 0.391. The Bertz CT molecular complexity index is 1430. The van der Waals surface area contributed by atoms with Crippen LogP contribution in [0.15, 0.2) is 85.2 Å². The summed E-state index contributed by atoms with van der Waals surface area (Å²) in [5.74, 6) is 0.595. The standard InChI is InChI=1S/C26H19N3O/c1-30-26-14-22(10-11-23(26)15-27)21-9-8-19-12-18(6-7-20(19)13-21)16-29-17-28-24-4-2-3-5-25(24)29/h2-14,17H,16H2,1H3. The number of nitriles is 1. The second-order valence-electron chi connectivity index (χ2n) is 7.28. The number of hydrogen-bond donors (Lipinski definition) is 0. The molecule has 0 amide bonds. The van der Waals surface area contributed by atoms with Crippen LogP contribution in [-0.4, -0.2) is 16.7 Å². The number of methoxy groups -OCH3 is 1. The third kappa shape index (κ3) is 3.17. The monoisotopic (exact) mass is 389 g/mol. The average molecular weight is 389 g/mol. The minimum atomic E-state index is 0.540. The number of rotatable bonds is 4. The predicted molar refractivity (Wildman–Crippen MR) is 119 cm³/mol. The minimum Gasteiger partial charge on any atom is -0.495 e. The van der Waals surface area contributed by atoms with E-state index in [1.54, 1.807) is 13.2 Å². The van der Waals surface area contributed by atoms with Crippen molar-refractivity contribution >= 4 is 21.8 Å². The molecule has 5 rings (SSSR count). The van der Waals surface area contributed by atoms with Crippen molar-refractivity contribution in [3.63, 3.8) is 0 Å². The summed E-state index contributed by atoms with van der Waals surface area (Å²) in [6, 6.07) is 29.0. The normalized spacial score (nSPS) is 10.9. The van der Waals surface area contributed by atoms with Crippen LogP contribution in [0.1, 0.15) is 11.1 Å². The first kappa shape index (κ1) is 18.0. The molecule has 0 aliphatic heterocycles. The number of ether oxygens (including phenoxy) is 1. The molecule has 0 bridgehead atoms. The number of fused-ring (bicyclic) bond motifs is 2. The van der Waals surface area contributed by atoms with Crippen LogP contribution in [0.2, 0.25) is 0 Å². The zero-order chi connectivity index (χ0) is 20.5. The third-order valence-electron chi connectivity index (χ3n) is 5.44. The molecule has 0 radical (unpaired) electrons. The molecule has 0 unspecified atom stereocenters. The Morgan fingerprint density at radius 3 is 2.53 bits per heavy atom. The molecule has 0 aliphatic rings. The van der Waals surface area contributed by atoms with E-state index in [-0.39, 0.29) is 0 Å². The highest BCUT2D eigenvalue weighted by Gasteiger charge is 2.07. The maximum Gasteiger partial charge on any atom is 0.137 e. The van der Waals surface area contributed by atoms with Crippen LogP contribution in [-0.2, 0) is 6.54 Å². The van der Waals surface area contributed by atoms with Gasteiger partial charge in [0.1, 0.15) is 11.8 Å². The van der Waals surface area contributed by atoms with E-state index in [2.05, 4.69) is 58.1 Å². The van der Waals surface area contributed by atoms with Gasteiger partial charge in [0.2, 0.25) is 0 Å². The Labute approximate surface area is 174 Å². The molecule has 0 saturated heterocycles. The van der Waals surface area contributed by atoms with E-state index >= 15 is 0 Å². The van der Waals surface area contributed by atoms with E-state index in [0.29, 0.717) is 11.3 Å². The van der Waals surface area contributed by atoms with Crippen LogP contribution in [0.3, 0.4) is 0 Å². The number of hydrogen-bond acceptors (Lipinski definition) is 3. The van der Waals surface area contributed by atoms with E-state index in [0.717, 1.165) is 28.7 Å². The van der Waals surface area contributed by atoms with Gasteiger partial charge in [0.15, 0.2) is 0 Å². The van der Waals surface area contributed by atoms with Gasteiger partial charge in [0, 0.05) is 6.54 Å². The van der Waals surface area contributed by atoms with Crippen molar-refractivity contribution in [3.8, 4) is 22.9 Å². The fourth-order valence-corrected chi connectivity index (χ4v) is 3.87. The van der Waals surface area contributed by atoms with Crippen molar-refractivity contribution in [3.05, 3.63) is 96.3 Å². The van der Waals surface area contributed by atoms with Crippen molar-refractivity contribution < 1.29 is 4.74 Å². The Morgan fingerprint density at radius 1 is 0.900 bits per heavy atom. The van der Waals surface area contributed by atoms with Gasteiger partial charge in [0.05, 0.1) is 30.0 Å². The lowest BCUT2D eigenvalue weighted by Gasteiger charge is -2.09. The van der Waals surface area contributed by atoms with Gasteiger partial charge in [-0.1, -0.05) is 42.5 Å². The molecule has 1 aromatic heterocycles. The maximum absolute atomic E-state index is 9.19. The lowest BCUT2D eigenvalue weighted by molar-refractivity contribution is 0.413. The third-order valence-corrected chi connectivity index (χ3v) is 5.44. The van der Waals surface area contributed by atoms with E-state index < -0.39 is 0 Å². The molecule has 144 valence electrons. The molecular formula is C26H19N3O. The molecule has 0 N–H and O–H groups in total. The van der Waals surface area contributed by atoms with Crippen LogP contribution in [0.25, 0.3) is 32.9 Å². The topological polar surface area (TPSA) is 50.8 Å². The molecule has 0 atom stereocenters. The first-order valence-electron chi connectivity index (χ1n) is 9.76. The summed E-state index contributed by atoms with van der Waals surface area (Å²) in [7, 11) is 1.59. The molecule has 5 aromatic rings. The average Bonchev–Trinajstić information content (AvgIpc) is 3.21. The molecular weight excluding hydrogens is 370 g/mol. The summed E-state index contributed by atoms with van der Waals surface area (Å²) in [6.45, 7) is 0.783. The van der Waals surface area contributed by atoms with Gasteiger partial charge < -0.3 is 9.30 Å². The minimum absolute atomic E-state index is 0.540. The lowest BCUT2D eigenvalue weighted by Crippen LogP contribution is -1.97. The lowest BCUT2D eigenvalue weighted by atomic mass is 9.99. The number of para-hydroxylation sites is 2. The summed E-state index contributed by atoms with van der Waals surface area (Å²) >= 11 is 0. The first-order chi connectivity index (χ1) is 14.7. The van der Waals surface area contributed by atoms with Gasteiger partial charge in [-0.25, -0.2) is 4.98 Å². The van der Waals surface area contributed by atoms with E-state index in [1.165, 1.54) is 16.3 Å². The van der Waals surface area contributed by atoms with Gasteiger partial charge in [-0.15, -0.1) is 0 Å². The molecule has 4 heteroatoms. The molecule has 30 heavy (non-hydrogen) atoms. The Morgan fingerprint density at radius 2 is 1.67 bits per heavy atom. The summed E-state index contributed by atoms with van der Waals surface area (Å²) in [5.41, 5.74) is 6.06. The zero-order valence-electron chi connectivity index (χ0n) is 16.5. The van der Waals surface area contributed by atoms with Crippen molar-refractivity contribution in [2.24, 2.45) is 0 Å². The van der Waals surface area contributed by atoms with Crippen LogP contribution in [0.4, 0.5) is 0 Å². The number of nitrogens with zero attached hydrogens (tertiary/aromatic N) is 3. The van der Waals surface area contributed by atoms with Crippen LogP contribution < -0.4 is 4.74 Å². The molecule has 0 spiro atoms. The van der Waals surface area contributed by atoms with E-state index in [1.807, 2.05) is 36.7 Å². The maximum atomic E-state index is 9.19. The van der Waals surface area contributed by atoms with Crippen molar-refractivity contribution in [2.75, 3.05) is 7.11 Å². The summed E-state index contributed by atoms with van der Waals surface area (Å²) in [6.07, 6.45) is 1.90. The molecule has 1 heterocycles. The summed E-state index contributed by atoms with van der Waals surface area (Å²) in [5, 5.41) is 11.6. The number of aromatic nitrogens is 2. The van der Waals surface area contributed by atoms with Crippen LogP contribution in [0, 0.1) is 11.3 Å². The van der Waals surface area contributed by atoms with Crippen molar-refractivity contribution in [1.82, 2.24) is 9.55 Å². The fraction of sp³-hybridized carbons (Fsp3) is 0.0769. The van der Waals surface area contributed by atoms with Crippen LogP contribution >= 0.6 is 0 Å². The molecule has 0 aliphatic carbocycles. The second kappa shape index (κ2) is 7.38. The van der Waals surface area contributed by atoms with Gasteiger partial charge in [-0.2, -0.15) is 5.26 Å². The molecule has 4 nitrogen and oxygen atoms in total. The number of imidazole rings is 1. The summed E-state index contributed by atoms with van der Waals surface area (Å²) in [4.78, 5) is 4.48. The fourth-order valence-electron chi connectivity index (χ4n) is 3.87. The SMILES string of the molecule is COc1cc(-c2ccc3cc(Cn4cnc5ccccc54)ccc3c2)ccc1C#N. The Hall–Kier alpha value is -4.10. The first-order valence-corrected chi connectivity index (χ1v) is 9.76. The summed E-state index contributed by atoms with van der Waals surface area (Å²) < 4.78 is 7.53. The van der Waals surface area contributed by atoms with Gasteiger partial charge >= 0.3 is 0 Å². The predicted octanol–water partition coefficient (Wildman–Crippen LogP) is 5.79. The van der Waals surface area contributed by atoms with Crippen molar-refractivity contribution in [1.29, 1.82) is 5.26 Å². The van der Waals surface area contributed by atoms with E-state index in [9.17, 15) is 5.26 Å². The smallest absolute Gasteiger partial charge is 0.137 e. The Balaban J connectivity index is 1.48. The molecule has 0 saturated carbocycles. The highest BCUT2D eigenvalue weighted by Crippen LogP contribution is 2.30. The highest BCUT2D eigenvalue weighted by molar-refractivity contribution is 5.88. The molecule has 0 fully saturated rings. The van der Waals surface area contributed by atoms with E-state index in [4.69, 9.17) is 4.74 Å². The number of benzene rings is 4. The highest BCUT2D eigenvalue weighted by atomic mass is 16.5.